The van der Waals surface area contributed by atoms with E-state index in [0.717, 1.165) is 16.9 Å². The molecule has 0 saturated carbocycles. The van der Waals surface area contributed by atoms with Crippen molar-refractivity contribution in [1.82, 2.24) is 10.6 Å². The minimum absolute atomic E-state index is 0.0607. The summed E-state index contributed by atoms with van der Waals surface area (Å²) in [5, 5.41) is 6.05. The lowest BCUT2D eigenvalue weighted by molar-refractivity contribution is -0.124. The number of methoxy groups -OCH3 is 1. The molecule has 0 spiro atoms. The largest absolute Gasteiger partial charge is 0.497 e. The van der Waals surface area contributed by atoms with Gasteiger partial charge in [-0.2, -0.15) is 0 Å². The standard InChI is InChI=1S/C19H23FN2O2/c1-13(12-21-2)19(23)22-18(14-4-8-16(20)9-5-14)15-6-10-17(24-3)11-7-15/h4-11,13,18,21H,12H2,1-3H3,(H,22,23). The van der Waals surface area contributed by atoms with Crippen LogP contribution < -0.4 is 15.4 Å². The van der Waals surface area contributed by atoms with Gasteiger partial charge in [0.05, 0.1) is 13.2 Å². The Morgan fingerprint density at radius 3 is 2.12 bits per heavy atom. The van der Waals surface area contributed by atoms with Crippen molar-refractivity contribution in [2.75, 3.05) is 20.7 Å². The zero-order valence-electron chi connectivity index (χ0n) is 14.2. The number of rotatable bonds is 7. The van der Waals surface area contributed by atoms with Crippen molar-refractivity contribution in [2.24, 2.45) is 5.92 Å². The lowest BCUT2D eigenvalue weighted by atomic mass is 9.97. The van der Waals surface area contributed by atoms with Gasteiger partial charge in [0.15, 0.2) is 0 Å². The molecule has 0 radical (unpaired) electrons. The number of nitrogens with one attached hydrogen (secondary N) is 2. The van der Waals surface area contributed by atoms with E-state index in [-0.39, 0.29) is 23.7 Å². The van der Waals surface area contributed by atoms with Crippen LogP contribution in [0, 0.1) is 11.7 Å². The molecule has 0 heterocycles. The zero-order chi connectivity index (χ0) is 17.5. The topological polar surface area (TPSA) is 50.4 Å². The van der Waals surface area contributed by atoms with Gasteiger partial charge in [-0.3, -0.25) is 4.79 Å². The van der Waals surface area contributed by atoms with Gasteiger partial charge < -0.3 is 15.4 Å². The number of carbonyl (C=O) groups excluding carboxylic acids is 1. The second-order valence-corrected chi connectivity index (χ2v) is 5.73. The van der Waals surface area contributed by atoms with Crippen molar-refractivity contribution in [3.8, 4) is 5.75 Å². The van der Waals surface area contributed by atoms with Gasteiger partial charge in [-0.15, -0.1) is 0 Å². The molecule has 128 valence electrons. The summed E-state index contributed by atoms with van der Waals surface area (Å²) in [4.78, 5) is 12.4. The monoisotopic (exact) mass is 330 g/mol. The van der Waals surface area contributed by atoms with Gasteiger partial charge in [-0.05, 0) is 42.4 Å². The van der Waals surface area contributed by atoms with Crippen LogP contribution in [0.3, 0.4) is 0 Å². The summed E-state index contributed by atoms with van der Waals surface area (Å²) in [6.07, 6.45) is 0. The lowest BCUT2D eigenvalue weighted by Gasteiger charge is -2.22. The molecule has 0 aliphatic carbocycles. The molecule has 2 unspecified atom stereocenters. The number of ether oxygens (including phenoxy) is 1. The number of benzene rings is 2. The van der Waals surface area contributed by atoms with E-state index in [9.17, 15) is 9.18 Å². The third kappa shape index (κ3) is 4.55. The van der Waals surface area contributed by atoms with E-state index >= 15 is 0 Å². The fourth-order valence-electron chi connectivity index (χ4n) is 2.49. The van der Waals surface area contributed by atoms with Crippen LogP contribution in [0.1, 0.15) is 24.1 Å². The molecular formula is C19H23FN2O2. The molecule has 1 amide bonds. The lowest BCUT2D eigenvalue weighted by Crippen LogP contribution is -2.37. The Balaban J connectivity index is 2.29. The number of hydrogen-bond donors (Lipinski definition) is 2. The van der Waals surface area contributed by atoms with E-state index in [1.807, 2.05) is 38.2 Å². The summed E-state index contributed by atoms with van der Waals surface area (Å²) in [5.74, 6) is 0.208. The number of carbonyl (C=O) groups is 1. The summed E-state index contributed by atoms with van der Waals surface area (Å²) in [7, 11) is 3.42. The van der Waals surface area contributed by atoms with Crippen molar-refractivity contribution < 1.29 is 13.9 Å². The second-order valence-electron chi connectivity index (χ2n) is 5.73. The van der Waals surface area contributed by atoms with E-state index in [1.165, 1.54) is 12.1 Å². The second kappa shape index (κ2) is 8.45. The predicted molar refractivity (Wildman–Crippen MR) is 92.5 cm³/mol. The van der Waals surface area contributed by atoms with Crippen molar-refractivity contribution in [3.05, 3.63) is 65.5 Å². The summed E-state index contributed by atoms with van der Waals surface area (Å²) >= 11 is 0. The number of halogens is 1. The minimum atomic E-state index is -0.344. The number of hydrogen-bond acceptors (Lipinski definition) is 3. The van der Waals surface area contributed by atoms with Gasteiger partial charge >= 0.3 is 0 Å². The maximum Gasteiger partial charge on any atom is 0.224 e. The van der Waals surface area contributed by atoms with Gasteiger partial charge in [0.2, 0.25) is 5.91 Å². The molecule has 0 bridgehead atoms. The van der Waals surface area contributed by atoms with Crippen LogP contribution in [-0.4, -0.2) is 26.6 Å². The molecule has 2 aromatic carbocycles. The van der Waals surface area contributed by atoms with Gasteiger partial charge in [0.25, 0.3) is 0 Å². The van der Waals surface area contributed by atoms with Crippen molar-refractivity contribution in [1.29, 1.82) is 0 Å². The fourth-order valence-corrected chi connectivity index (χ4v) is 2.49. The molecule has 2 aromatic rings. The number of amides is 1. The highest BCUT2D eigenvalue weighted by molar-refractivity contribution is 5.79. The van der Waals surface area contributed by atoms with Crippen molar-refractivity contribution in [2.45, 2.75) is 13.0 Å². The van der Waals surface area contributed by atoms with Gasteiger partial charge in [-0.1, -0.05) is 31.2 Å². The van der Waals surface area contributed by atoms with Gasteiger partial charge in [-0.25, -0.2) is 4.39 Å². The third-order valence-electron chi connectivity index (χ3n) is 3.90. The SMILES string of the molecule is CNCC(C)C(=O)NC(c1ccc(F)cc1)c1ccc(OC)cc1. The first-order valence-electron chi connectivity index (χ1n) is 7.89. The maximum absolute atomic E-state index is 13.2. The quantitative estimate of drug-likeness (QED) is 0.821. The molecule has 0 aliphatic rings. The normalized spacial score (nSPS) is 13.2. The summed E-state index contributed by atoms with van der Waals surface area (Å²) in [5.41, 5.74) is 1.74. The minimum Gasteiger partial charge on any atom is -0.497 e. The van der Waals surface area contributed by atoms with Crippen LogP contribution in [-0.2, 0) is 4.79 Å². The van der Waals surface area contributed by atoms with Crippen molar-refractivity contribution >= 4 is 5.91 Å². The van der Waals surface area contributed by atoms with Gasteiger partial charge in [0, 0.05) is 12.5 Å². The van der Waals surface area contributed by atoms with Crippen molar-refractivity contribution in [3.63, 3.8) is 0 Å². The summed E-state index contributed by atoms with van der Waals surface area (Å²) < 4.78 is 18.4. The highest BCUT2D eigenvalue weighted by Gasteiger charge is 2.20. The van der Waals surface area contributed by atoms with Crippen LogP contribution in [0.2, 0.25) is 0 Å². The Morgan fingerprint density at radius 2 is 1.62 bits per heavy atom. The summed E-state index contributed by atoms with van der Waals surface area (Å²) in [6.45, 7) is 2.45. The molecule has 2 atom stereocenters. The van der Waals surface area contributed by atoms with Gasteiger partial charge in [0.1, 0.15) is 11.6 Å². The van der Waals surface area contributed by atoms with E-state index < -0.39 is 0 Å². The summed E-state index contributed by atoms with van der Waals surface area (Å²) in [6, 6.07) is 13.3. The van der Waals surface area contributed by atoms with Crippen LogP contribution in [0.4, 0.5) is 4.39 Å². The molecule has 0 aromatic heterocycles. The molecule has 0 aliphatic heterocycles. The van der Waals surface area contributed by atoms with Crippen LogP contribution in [0.25, 0.3) is 0 Å². The molecule has 2 rings (SSSR count). The van der Waals surface area contributed by atoms with E-state index in [1.54, 1.807) is 19.2 Å². The average Bonchev–Trinajstić information content (AvgIpc) is 2.60. The van der Waals surface area contributed by atoms with E-state index in [4.69, 9.17) is 4.74 Å². The molecule has 2 N–H and O–H groups in total. The first-order chi connectivity index (χ1) is 11.5. The molecular weight excluding hydrogens is 307 g/mol. The zero-order valence-corrected chi connectivity index (χ0v) is 14.2. The highest BCUT2D eigenvalue weighted by Crippen LogP contribution is 2.25. The van der Waals surface area contributed by atoms with Crippen LogP contribution >= 0.6 is 0 Å². The molecule has 5 heteroatoms. The molecule has 0 fully saturated rings. The fraction of sp³-hybridized carbons (Fsp3) is 0.316. The maximum atomic E-state index is 13.2. The predicted octanol–water partition coefficient (Wildman–Crippen LogP) is 2.90. The molecule has 0 saturated heterocycles. The van der Waals surface area contributed by atoms with Crippen LogP contribution in [0.5, 0.6) is 5.75 Å². The Morgan fingerprint density at radius 1 is 1.08 bits per heavy atom. The van der Waals surface area contributed by atoms with E-state index in [0.29, 0.717) is 6.54 Å². The highest BCUT2D eigenvalue weighted by atomic mass is 19.1. The Hall–Kier alpha value is -2.40. The van der Waals surface area contributed by atoms with E-state index in [2.05, 4.69) is 10.6 Å². The molecule has 24 heavy (non-hydrogen) atoms. The Bertz CT molecular complexity index is 656. The third-order valence-corrected chi connectivity index (χ3v) is 3.90. The average molecular weight is 330 g/mol. The molecule has 4 nitrogen and oxygen atoms in total. The first kappa shape index (κ1) is 17.9. The first-order valence-corrected chi connectivity index (χ1v) is 7.89. The smallest absolute Gasteiger partial charge is 0.224 e. The Kier molecular flexibility index (Phi) is 6.32. The Labute approximate surface area is 142 Å². The van der Waals surface area contributed by atoms with Crippen LogP contribution in [0.15, 0.2) is 48.5 Å².